The van der Waals surface area contributed by atoms with E-state index in [-0.39, 0.29) is 52.5 Å². The quantitative estimate of drug-likeness (QED) is 0.172. The number of nitrogens with one attached hydrogen (secondary N) is 1. The van der Waals surface area contributed by atoms with Crippen molar-refractivity contribution in [3.8, 4) is 16.9 Å². The van der Waals surface area contributed by atoms with Crippen LogP contribution in [0.3, 0.4) is 0 Å². The fourth-order valence-electron chi connectivity index (χ4n) is 5.29. The van der Waals surface area contributed by atoms with Gasteiger partial charge in [0.15, 0.2) is 0 Å². The summed E-state index contributed by atoms with van der Waals surface area (Å²) in [4.78, 5) is 20.1. The molecule has 1 fully saturated rings. The predicted molar refractivity (Wildman–Crippen MR) is 209 cm³/mol. The number of methoxy groups -OCH3 is 1. The Balaban J connectivity index is 0.000000591. The molecule has 1 saturated carbocycles. The number of hydrogen-bond donors (Lipinski definition) is 1. The summed E-state index contributed by atoms with van der Waals surface area (Å²) in [5.41, 5.74) is 2.80. The van der Waals surface area contributed by atoms with Gasteiger partial charge in [-0.2, -0.15) is 0 Å². The SMILES string of the molecule is CNC1CCC(N(Cc2cc(-c3ccncc3)ccc2OC)C(=O)c2sc3c(F)ccc(F)c3c2Cl)CC1.PPP(P)P(P)P. The Labute approximate surface area is 286 Å². The van der Waals surface area contributed by atoms with E-state index in [4.69, 9.17) is 16.3 Å². The number of thiophene rings is 1. The monoisotopic (exact) mass is 781 g/mol. The molecule has 5 nitrogen and oxygen atoms in total. The van der Waals surface area contributed by atoms with Gasteiger partial charge in [0.05, 0.1) is 22.2 Å². The van der Waals surface area contributed by atoms with Crippen LogP contribution in [-0.4, -0.2) is 42.0 Å². The Kier molecular flexibility index (Phi) is 15.2. The molecule has 45 heavy (non-hydrogen) atoms. The number of fused-ring (bicyclic) bond motifs is 1. The van der Waals surface area contributed by atoms with Crippen molar-refractivity contribution in [3.63, 3.8) is 0 Å². The summed E-state index contributed by atoms with van der Waals surface area (Å²) in [5.74, 6) is -0.919. The van der Waals surface area contributed by atoms with E-state index in [1.807, 2.05) is 37.4 Å². The van der Waals surface area contributed by atoms with E-state index in [0.717, 1.165) is 73.8 Å². The molecule has 1 aliphatic rings. The minimum Gasteiger partial charge on any atom is -0.496 e. The molecule has 0 radical (unpaired) electrons. The Morgan fingerprint density at radius 1 is 1.09 bits per heavy atom. The van der Waals surface area contributed by atoms with Crippen molar-refractivity contribution < 1.29 is 18.3 Å². The number of nitrogens with zero attached hydrogens (tertiary/aromatic N) is 2. The number of carbonyl (C=O) groups is 1. The molecule has 242 valence electrons. The fraction of sp³-hybridized carbons (Fsp3) is 0.310. The van der Waals surface area contributed by atoms with Crippen LogP contribution in [0, 0.1) is 11.6 Å². The van der Waals surface area contributed by atoms with Crippen molar-refractivity contribution in [1.82, 2.24) is 15.2 Å². The number of amides is 1. The van der Waals surface area contributed by atoms with Gasteiger partial charge < -0.3 is 15.0 Å². The van der Waals surface area contributed by atoms with E-state index < -0.39 is 11.6 Å². The molecule has 4 aromatic rings. The predicted octanol–water partition coefficient (Wildman–Crippen LogP) is 10.7. The maximum absolute atomic E-state index is 14.6. The molecular formula is C29H37ClF2N3O2P7S. The van der Waals surface area contributed by atoms with Crippen molar-refractivity contribution in [3.05, 3.63) is 82.0 Å². The topological polar surface area (TPSA) is 54.5 Å². The third-order valence-electron chi connectivity index (χ3n) is 7.70. The molecule has 2 aromatic heterocycles. The summed E-state index contributed by atoms with van der Waals surface area (Å²) in [6.45, 7) is 0.721. The molecule has 1 amide bonds. The summed E-state index contributed by atoms with van der Waals surface area (Å²) in [6, 6.07) is 12.2. The number of pyridine rings is 1. The van der Waals surface area contributed by atoms with E-state index in [9.17, 15) is 13.6 Å². The summed E-state index contributed by atoms with van der Waals surface area (Å²) in [5, 5.41) is 3.24. The van der Waals surface area contributed by atoms with Crippen LogP contribution in [0.1, 0.15) is 40.9 Å². The number of benzene rings is 2. The summed E-state index contributed by atoms with van der Waals surface area (Å²) in [7, 11) is 16.0. The van der Waals surface area contributed by atoms with Crippen molar-refractivity contribution in [2.24, 2.45) is 0 Å². The number of hydrogen-bond acceptors (Lipinski definition) is 5. The first kappa shape index (κ1) is 37.8. The van der Waals surface area contributed by atoms with Crippen LogP contribution in [0.2, 0.25) is 5.02 Å². The Morgan fingerprint density at radius 3 is 2.31 bits per heavy atom. The van der Waals surface area contributed by atoms with Gasteiger partial charge in [0.2, 0.25) is 0 Å². The highest BCUT2D eigenvalue weighted by Crippen LogP contribution is 2.92. The molecule has 0 bridgehead atoms. The van der Waals surface area contributed by atoms with Gasteiger partial charge in [-0.1, -0.05) is 25.6 Å². The van der Waals surface area contributed by atoms with Gasteiger partial charge in [0.25, 0.3) is 5.91 Å². The molecule has 5 rings (SSSR count). The van der Waals surface area contributed by atoms with E-state index in [1.54, 1.807) is 24.4 Å². The summed E-state index contributed by atoms with van der Waals surface area (Å²) >= 11 is 7.44. The minimum atomic E-state index is -0.644. The molecular weight excluding hydrogens is 745 g/mol. The molecule has 0 aliphatic heterocycles. The van der Waals surface area contributed by atoms with Crippen molar-refractivity contribution >= 4 is 96.6 Å². The first-order valence-corrected chi connectivity index (χ1v) is 27.1. The van der Waals surface area contributed by atoms with Crippen LogP contribution < -0.4 is 10.1 Å². The molecule has 1 N–H and O–H groups in total. The standard InChI is InChI=1S/C29H28ClF2N3O2S.H9P7/c1-33-20-4-6-21(7-5-20)35(29(36)28-26(30)25-22(31)8-9-23(32)27(25)38-28)16-19-15-18(3-10-24(19)37-2)17-11-13-34-14-12-17;1-5-7(4)6(2)3/h3,8-15,20-21,33H,4-7,16H2,1-2H3;5H,1-4H2. The molecule has 6 atom stereocenters. The van der Waals surface area contributed by atoms with E-state index >= 15 is 0 Å². The second-order valence-electron chi connectivity index (χ2n) is 10.3. The van der Waals surface area contributed by atoms with Crippen molar-refractivity contribution in [1.29, 1.82) is 0 Å². The zero-order valence-electron chi connectivity index (χ0n) is 24.8. The molecule has 2 heterocycles. The highest BCUT2D eigenvalue weighted by Gasteiger charge is 2.33. The third-order valence-corrected chi connectivity index (χ3v) is 39.9. The van der Waals surface area contributed by atoms with Crippen LogP contribution in [0.15, 0.2) is 54.9 Å². The zero-order chi connectivity index (χ0) is 32.7. The van der Waals surface area contributed by atoms with E-state index in [1.165, 1.54) is 0 Å². The largest absolute Gasteiger partial charge is 0.496 e. The number of aromatic nitrogens is 1. The maximum Gasteiger partial charge on any atom is 0.266 e. The number of halogens is 3. The normalized spacial score (nSPS) is 17.4. The molecule has 6 unspecified atom stereocenters. The minimum absolute atomic E-state index is 0.0431. The lowest BCUT2D eigenvalue weighted by atomic mass is 9.89. The Morgan fingerprint density at radius 2 is 1.76 bits per heavy atom. The summed E-state index contributed by atoms with van der Waals surface area (Å²) in [6.07, 6.45) is 6.91. The maximum atomic E-state index is 14.6. The highest BCUT2D eigenvalue weighted by molar-refractivity contribution is 8.98. The Bertz CT molecular complexity index is 1600. The lowest BCUT2D eigenvalue weighted by molar-refractivity contribution is 0.0604. The molecule has 1 aliphatic carbocycles. The van der Waals surface area contributed by atoms with Gasteiger partial charge >= 0.3 is 0 Å². The van der Waals surface area contributed by atoms with Crippen LogP contribution in [0.4, 0.5) is 8.78 Å². The fourth-order valence-corrected chi connectivity index (χ4v) is 22.9. The first-order valence-electron chi connectivity index (χ1n) is 14.0. The zero-order valence-corrected chi connectivity index (χ0v) is 33.8. The second-order valence-corrected chi connectivity index (χ2v) is 33.9. The van der Waals surface area contributed by atoms with Gasteiger partial charge in [0.1, 0.15) is 22.3 Å². The average molecular weight is 782 g/mol. The summed E-state index contributed by atoms with van der Waals surface area (Å²) < 4.78 is 34.9. The molecule has 0 saturated heterocycles. The van der Waals surface area contributed by atoms with Crippen LogP contribution in [0.25, 0.3) is 21.2 Å². The van der Waals surface area contributed by atoms with Gasteiger partial charge in [-0.25, -0.2) is 8.78 Å². The Hall–Kier alpha value is -0.0600. The van der Waals surface area contributed by atoms with E-state index in [2.05, 4.69) is 46.0 Å². The second kappa shape index (κ2) is 18.1. The number of rotatable bonds is 9. The molecule has 16 heteroatoms. The van der Waals surface area contributed by atoms with Crippen LogP contribution >= 0.6 is 80.6 Å². The van der Waals surface area contributed by atoms with Gasteiger partial charge in [-0.05, 0) is 94.2 Å². The van der Waals surface area contributed by atoms with E-state index in [0.29, 0.717) is 11.8 Å². The lowest BCUT2D eigenvalue weighted by Crippen LogP contribution is -2.44. The van der Waals surface area contributed by atoms with Gasteiger partial charge in [0, 0.05) is 36.6 Å². The third kappa shape index (κ3) is 9.55. The molecule has 2 aromatic carbocycles. The number of ether oxygens (including phenoxy) is 1. The van der Waals surface area contributed by atoms with Gasteiger partial charge in [-0.15, -0.1) is 47.1 Å². The molecule has 0 spiro atoms. The van der Waals surface area contributed by atoms with Crippen molar-refractivity contribution in [2.45, 2.75) is 44.3 Å². The van der Waals surface area contributed by atoms with Gasteiger partial charge in [-0.3, -0.25) is 9.78 Å². The van der Waals surface area contributed by atoms with Crippen LogP contribution in [-0.2, 0) is 6.54 Å². The first-order chi connectivity index (χ1) is 21.6. The lowest BCUT2D eigenvalue weighted by Gasteiger charge is -2.37. The number of carbonyl (C=O) groups excluding carboxylic acids is 1. The smallest absolute Gasteiger partial charge is 0.266 e. The average Bonchev–Trinajstić information content (AvgIpc) is 3.43. The van der Waals surface area contributed by atoms with Crippen molar-refractivity contribution in [2.75, 3.05) is 14.2 Å². The van der Waals surface area contributed by atoms with Crippen LogP contribution in [0.5, 0.6) is 5.75 Å². The highest BCUT2D eigenvalue weighted by atomic mass is 35.5.